The quantitative estimate of drug-likeness (QED) is 0.686. The van der Waals surface area contributed by atoms with E-state index in [0.717, 1.165) is 5.56 Å². The van der Waals surface area contributed by atoms with Gasteiger partial charge in [0.25, 0.3) is 0 Å². The highest BCUT2D eigenvalue weighted by Crippen LogP contribution is 2.08. The normalized spacial score (nSPS) is 10.2. The molecule has 0 bridgehead atoms. The zero-order valence-electron chi connectivity index (χ0n) is 12.3. The van der Waals surface area contributed by atoms with Crippen molar-refractivity contribution in [2.45, 2.75) is 19.9 Å². The molecule has 0 aliphatic heterocycles. The molecule has 1 aromatic rings. The van der Waals surface area contributed by atoms with Gasteiger partial charge in [-0.15, -0.1) is 0 Å². The number of esters is 1. The van der Waals surface area contributed by atoms with E-state index < -0.39 is 0 Å². The zero-order chi connectivity index (χ0) is 15.7. The summed E-state index contributed by atoms with van der Waals surface area (Å²) in [6, 6.07) is 5.87. The summed E-state index contributed by atoms with van der Waals surface area (Å²) >= 11 is 0. The Morgan fingerprint density at radius 3 is 2.48 bits per heavy atom. The third-order valence-electron chi connectivity index (χ3n) is 2.80. The molecule has 0 spiro atoms. The molecular weight excluding hydrogens is 277 g/mol. The van der Waals surface area contributed by atoms with Gasteiger partial charge in [0.15, 0.2) is 0 Å². The highest BCUT2D eigenvalue weighted by Gasteiger charge is 2.15. The average molecular weight is 297 g/mol. The largest absolute Gasteiger partial charge is 0.466 e. The van der Waals surface area contributed by atoms with E-state index in [1.54, 1.807) is 19.1 Å². The van der Waals surface area contributed by atoms with Crippen molar-refractivity contribution in [1.29, 1.82) is 0 Å². The van der Waals surface area contributed by atoms with Crippen LogP contribution in [-0.4, -0.2) is 43.6 Å². The van der Waals surface area contributed by atoms with Crippen LogP contribution < -0.4 is 0 Å². The van der Waals surface area contributed by atoms with E-state index in [1.165, 1.54) is 24.1 Å². The van der Waals surface area contributed by atoms with E-state index in [9.17, 15) is 14.0 Å². The molecule has 116 valence electrons. The predicted octanol–water partition coefficient (Wildman–Crippen LogP) is 1.75. The molecular formula is C15H20FNO4. The van der Waals surface area contributed by atoms with E-state index in [-0.39, 0.29) is 37.3 Å². The summed E-state index contributed by atoms with van der Waals surface area (Å²) in [5, 5.41) is 0. The van der Waals surface area contributed by atoms with Crippen molar-refractivity contribution in [3.05, 3.63) is 35.6 Å². The average Bonchev–Trinajstić information content (AvgIpc) is 2.46. The number of benzene rings is 1. The summed E-state index contributed by atoms with van der Waals surface area (Å²) in [6.45, 7) is 2.50. The van der Waals surface area contributed by atoms with Crippen molar-refractivity contribution in [3.63, 3.8) is 0 Å². The Morgan fingerprint density at radius 2 is 1.90 bits per heavy atom. The van der Waals surface area contributed by atoms with Crippen LogP contribution in [0.1, 0.15) is 18.9 Å². The molecule has 1 rings (SSSR count). The Balaban J connectivity index is 2.65. The van der Waals surface area contributed by atoms with Gasteiger partial charge >= 0.3 is 5.97 Å². The first-order chi connectivity index (χ1) is 10.1. The van der Waals surface area contributed by atoms with Gasteiger partial charge in [0.05, 0.1) is 13.0 Å². The van der Waals surface area contributed by atoms with Crippen molar-refractivity contribution < 1.29 is 23.5 Å². The van der Waals surface area contributed by atoms with Gasteiger partial charge in [-0.3, -0.25) is 9.59 Å². The van der Waals surface area contributed by atoms with Crippen LogP contribution in [0.15, 0.2) is 24.3 Å². The van der Waals surface area contributed by atoms with Gasteiger partial charge in [0, 0.05) is 20.2 Å². The fraction of sp³-hybridized carbons (Fsp3) is 0.467. The molecule has 0 saturated carbocycles. The number of halogens is 1. The molecule has 6 heteroatoms. The van der Waals surface area contributed by atoms with Crippen LogP contribution in [0.2, 0.25) is 0 Å². The molecule has 0 fully saturated rings. The molecule has 21 heavy (non-hydrogen) atoms. The number of carbonyl (C=O) groups excluding carboxylic acids is 2. The van der Waals surface area contributed by atoms with Crippen LogP contribution >= 0.6 is 0 Å². The lowest BCUT2D eigenvalue weighted by Gasteiger charge is -2.22. The molecule has 0 N–H and O–H groups in total. The van der Waals surface area contributed by atoms with E-state index in [1.807, 2.05) is 0 Å². The van der Waals surface area contributed by atoms with E-state index >= 15 is 0 Å². The predicted molar refractivity (Wildman–Crippen MR) is 74.9 cm³/mol. The van der Waals surface area contributed by atoms with Gasteiger partial charge in [0.1, 0.15) is 12.4 Å². The number of hydrogen-bond donors (Lipinski definition) is 0. The Kier molecular flexibility index (Phi) is 7.39. The zero-order valence-corrected chi connectivity index (χ0v) is 12.3. The van der Waals surface area contributed by atoms with Gasteiger partial charge in [-0.05, 0) is 24.6 Å². The SMILES string of the molecule is CCOC(=O)CCN(Cc1ccc(F)cc1)C(=O)COC. The third-order valence-corrected chi connectivity index (χ3v) is 2.80. The van der Waals surface area contributed by atoms with Crippen molar-refractivity contribution in [2.75, 3.05) is 26.9 Å². The minimum atomic E-state index is -0.355. The van der Waals surface area contributed by atoms with Crippen LogP contribution in [0.4, 0.5) is 4.39 Å². The molecule has 1 aromatic carbocycles. The number of carbonyl (C=O) groups is 2. The molecule has 0 aliphatic carbocycles. The maximum Gasteiger partial charge on any atom is 0.307 e. The highest BCUT2D eigenvalue weighted by atomic mass is 19.1. The van der Waals surface area contributed by atoms with Crippen molar-refractivity contribution in [2.24, 2.45) is 0 Å². The summed E-state index contributed by atoms with van der Waals surface area (Å²) in [4.78, 5) is 24.8. The first-order valence-electron chi connectivity index (χ1n) is 6.73. The van der Waals surface area contributed by atoms with Gasteiger partial charge < -0.3 is 14.4 Å². The van der Waals surface area contributed by atoms with E-state index in [4.69, 9.17) is 9.47 Å². The molecule has 0 heterocycles. The number of rotatable bonds is 8. The Labute approximate surface area is 123 Å². The van der Waals surface area contributed by atoms with Crippen LogP contribution in [0.3, 0.4) is 0 Å². The lowest BCUT2D eigenvalue weighted by molar-refractivity contribution is -0.144. The second-order valence-electron chi connectivity index (χ2n) is 4.43. The third kappa shape index (κ3) is 6.35. The molecule has 0 unspecified atom stereocenters. The van der Waals surface area contributed by atoms with Crippen LogP contribution in [0.25, 0.3) is 0 Å². The van der Waals surface area contributed by atoms with Gasteiger partial charge in [-0.2, -0.15) is 0 Å². The molecule has 5 nitrogen and oxygen atoms in total. The van der Waals surface area contributed by atoms with Crippen LogP contribution in [0, 0.1) is 5.82 Å². The lowest BCUT2D eigenvalue weighted by atomic mass is 10.2. The standard InChI is InChI=1S/C15H20FNO4/c1-3-21-15(19)8-9-17(14(18)11-20-2)10-12-4-6-13(16)7-5-12/h4-7H,3,8-11H2,1-2H3. The van der Waals surface area contributed by atoms with Crippen molar-refractivity contribution in [3.8, 4) is 0 Å². The summed E-state index contributed by atoms with van der Waals surface area (Å²) in [7, 11) is 1.43. The maximum absolute atomic E-state index is 12.9. The summed E-state index contributed by atoms with van der Waals surface area (Å²) in [6.07, 6.45) is 0.116. The molecule has 0 atom stereocenters. The van der Waals surface area contributed by atoms with Gasteiger partial charge in [-0.1, -0.05) is 12.1 Å². The smallest absolute Gasteiger partial charge is 0.307 e. The monoisotopic (exact) mass is 297 g/mol. The first kappa shape index (κ1) is 17.1. The van der Waals surface area contributed by atoms with Gasteiger partial charge in [0.2, 0.25) is 5.91 Å². The topological polar surface area (TPSA) is 55.8 Å². The lowest BCUT2D eigenvalue weighted by Crippen LogP contribution is -2.35. The number of amides is 1. The number of methoxy groups -OCH3 is 1. The molecule has 0 saturated heterocycles. The van der Waals surface area contributed by atoms with Crippen LogP contribution in [0.5, 0.6) is 0 Å². The Bertz CT molecular complexity index is 461. The summed E-state index contributed by atoms with van der Waals surface area (Å²) in [5.41, 5.74) is 0.782. The second kappa shape index (κ2) is 9.07. The first-order valence-corrected chi connectivity index (χ1v) is 6.73. The highest BCUT2D eigenvalue weighted by molar-refractivity contribution is 5.78. The number of ether oxygens (including phenoxy) is 2. The van der Waals surface area contributed by atoms with Gasteiger partial charge in [-0.25, -0.2) is 4.39 Å². The van der Waals surface area contributed by atoms with E-state index in [0.29, 0.717) is 13.2 Å². The molecule has 0 aromatic heterocycles. The minimum Gasteiger partial charge on any atom is -0.466 e. The number of hydrogen-bond acceptors (Lipinski definition) is 4. The fourth-order valence-electron chi connectivity index (χ4n) is 1.78. The summed E-state index contributed by atoms with van der Waals surface area (Å²) in [5.74, 6) is -0.919. The van der Waals surface area contributed by atoms with Crippen molar-refractivity contribution >= 4 is 11.9 Å². The second-order valence-corrected chi connectivity index (χ2v) is 4.43. The molecule has 0 radical (unpaired) electrons. The Hall–Kier alpha value is -1.95. The number of nitrogens with zero attached hydrogens (tertiary/aromatic N) is 1. The molecule has 1 amide bonds. The Morgan fingerprint density at radius 1 is 1.24 bits per heavy atom. The fourth-order valence-corrected chi connectivity index (χ4v) is 1.78. The maximum atomic E-state index is 12.9. The minimum absolute atomic E-state index is 0.0655. The van der Waals surface area contributed by atoms with Crippen LogP contribution in [-0.2, 0) is 25.6 Å². The van der Waals surface area contributed by atoms with E-state index in [2.05, 4.69) is 0 Å². The summed E-state index contributed by atoms with van der Waals surface area (Å²) < 4.78 is 22.5. The van der Waals surface area contributed by atoms with Crippen molar-refractivity contribution in [1.82, 2.24) is 4.90 Å². The molecule has 0 aliphatic rings.